The van der Waals surface area contributed by atoms with Crippen LogP contribution in [0.4, 0.5) is 30.9 Å². The Kier molecular flexibility index (Phi) is 5.93. The maximum absolute atomic E-state index is 13.8. The summed E-state index contributed by atoms with van der Waals surface area (Å²) in [6, 6.07) is 4.92. The van der Waals surface area contributed by atoms with Gasteiger partial charge in [-0.05, 0) is 19.1 Å². The van der Waals surface area contributed by atoms with Gasteiger partial charge >= 0.3 is 6.03 Å². The Hall–Kier alpha value is -3.01. The van der Waals surface area contributed by atoms with E-state index < -0.39 is 23.4 Å². The Morgan fingerprint density at radius 1 is 0.967 bits per heavy atom. The van der Waals surface area contributed by atoms with Crippen molar-refractivity contribution in [2.45, 2.75) is 6.92 Å². The number of para-hydroxylation sites is 1. The zero-order valence-corrected chi connectivity index (χ0v) is 16.8. The molecule has 10 heteroatoms. The van der Waals surface area contributed by atoms with E-state index in [-0.39, 0.29) is 0 Å². The lowest BCUT2D eigenvalue weighted by Crippen LogP contribution is -2.50. The molecule has 0 aliphatic carbocycles. The molecule has 2 aliphatic heterocycles. The summed E-state index contributed by atoms with van der Waals surface area (Å²) >= 11 is 0. The predicted molar refractivity (Wildman–Crippen MR) is 109 cm³/mol. The third-order valence-corrected chi connectivity index (χ3v) is 5.23. The number of benzene rings is 1. The average molecular weight is 418 g/mol. The first-order valence-electron chi connectivity index (χ1n) is 9.94. The van der Waals surface area contributed by atoms with E-state index in [4.69, 9.17) is 4.74 Å². The number of aromatic nitrogens is 2. The molecule has 2 amide bonds. The van der Waals surface area contributed by atoms with Crippen LogP contribution in [-0.4, -0.2) is 73.4 Å². The first kappa shape index (κ1) is 20.3. The molecule has 1 aromatic heterocycles. The number of carbonyl (C=O) groups excluding carboxylic acids is 1. The van der Waals surface area contributed by atoms with Gasteiger partial charge in [0.2, 0.25) is 0 Å². The van der Waals surface area contributed by atoms with Crippen molar-refractivity contribution >= 4 is 23.4 Å². The van der Waals surface area contributed by atoms with Crippen LogP contribution in [0.15, 0.2) is 24.3 Å². The van der Waals surface area contributed by atoms with E-state index in [0.29, 0.717) is 45.2 Å². The van der Waals surface area contributed by atoms with Crippen LogP contribution in [0, 0.1) is 18.6 Å². The lowest BCUT2D eigenvalue weighted by atomic mass is 10.3. The molecule has 0 spiro atoms. The number of nitrogens with zero attached hydrogens (tertiary/aromatic N) is 5. The molecule has 160 valence electrons. The number of amides is 2. The largest absolute Gasteiger partial charge is 0.378 e. The SMILES string of the molecule is Cc1nc(N2CCOCC2)cc(N2CCN(C(=O)Nc3c(F)cccc3F)CC2)n1. The number of piperazine rings is 1. The van der Waals surface area contributed by atoms with E-state index in [1.807, 2.05) is 13.0 Å². The van der Waals surface area contributed by atoms with Crippen LogP contribution in [0.2, 0.25) is 0 Å². The Balaban J connectivity index is 1.39. The Bertz CT molecular complexity index is 894. The van der Waals surface area contributed by atoms with Gasteiger partial charge in [0.25, 0.3) is 0 Å². The molecule has 1 N–H and O–H groups in total. The zero-order valence-electron chi connectivity index (χ0n) is 16.8. The zero-order chi connectivity index (χ0) is 21.1. The monoisotopic (exact) mass is 418 g/mol. The number of ether oxygens (including phenoxy) is 1. The quantitative estimate of drug-likeness (QED) is 0.824. The van der Waals surface area contributed by atoms with E-state index >= 15 is 0 Å². The van der Waals surface area contributed by atoms with Crippen LogP contribution >= 0.6 is 0 Å². The molecular formula is C20H24F2N6O2. The second-order valence-corrected chi connectivity index (χ2v) is 7.23. The fourth-order valence-corrected chi connectivity index (χ4v) is 3.59. The van der Waals surface area contributed by atoms with Gasteiger partial charge in [-0.1, -0.05) is 6.07 Å². The molecule has 2 fully saturated rings. The summed E-state index contributed by atoms with van der Waals surface area (Å²) in [6.45, 7) is 6.74. The second-order valence-electron chi connectivity index (χ2n) is 7.23. The van der Waals surface area contributed by atoms with E-state index in [9.17, 15) is 13.6 Å². The molecule has 1 aromatic carbocycles. The smallest absolute Gasteiger partial charge is 0.322 e. The molecule has 2 aromatic rings. The van der Waals surface area contributed by atoms with Crippen LogP contribution in [-0.2, 0) is 4.74 Å². The summed E-state index contributed by atoms with van der Waals surface area (Å²) in [7, 11) is 0. The van der Waals surface area contributed by atoms with E-state index in [1.165, 1.54) is 6.07 Å². The number of rotatable bonds is 3. The van der Waals surface area contributed by atoms with Crippen LogP contribution < -0.4 is 15.1 Å². The summed E-state index contributed by atoms with van der Waals surface area (Å²) in [6.07, 6.45) is 0. The normalized spacial score (nSPS) is 17.2. The fraction of sp³-hybridized carbons (Fsp3) is 0.450. The highest BCUT2D eigenvalue weighted by molar-refractivity contribution is 5.89. The highest BCUT2D eigenvalue weighted by Gasteiger charge is 2.24. The van der Waals surface area contributed by atoms with Gasteiger partial charge in [0, 0.05) is 45.3 Å². The van der Waals surface area contributed by atoms with Crippen LogP contribution in [0.1, 0.15) is 5.82 Å². The summed E-state index contributed by atoms with van der Waals surface area (Å²) < 4.78 is 33.0. The van der Waals surface area contributed by atoms with E-state index in [1.54, 1.807) is 4.90 Å². The van der Waals surface area contributed by atoms with E-state index in [0.717, 1.165) is 36.9 Å². The highest BCUT2D eigenvalue weighted by atomic mass is 19.1. The van der Waals surface area contributed by atoms with Gasteiger partial charge in [-0.2, -0.15) is 0 Å². The first-order chi connectivity index (χ1) is 14.5. The Morgan fingerprint density at radius 2 is 1.53 bits per heavy atom. The number of morpholine rings is 1. The van der Waals surface area contributed by atoms with Crippen molar-refractivity contribution in [3.05, 3.63) is 41.7 Å². The lowest BCUT2D eigenvalue weighted by molar-refractivity contribution is 0.122. The summed E-state index contributed by atoms with van der Waals surface area (Å²) in [5.41, 5.74) is -0.425. The minimum absolute atomic E-state index is 0.415. The molecule has 0 saturated carbocycles. The van der Waals surface area contributed by atoms with E-state index in [2.05, 4.69) is 25.1 Å². The second kappa shape index (κ2) is 8.78. The van der Waals surface area contributed by atoms with Crippen LogP contribution in [0.5, 0.6) is 0 Å². The van der Waals surface area contributed by atoms with Crippen molar-refractivity contribution in [1.29, 1.82) is 0 Å². The molecule has 2 saturated heterocycles. The number of nitrogens with one attached hydrogen (secondary N) is 1. The van der Waals surface area contributed by atoms with Gasteiger partial charge in [-0.3, -0.25) is 0 Å². The van der Waals surface area contributed by atoms with Crippen molar-refractivity contribution < 1.29 is 18.3 Å². The lowest BCUT2D eigenvalue weighted by Gasteiger charge is -2.36. The number of hydrogen-bond donors (Lipinski definition) is 1. The van der Waals surface area contributed by atoms with Gasteiger partial charge in [-0.25, -0.2) is 23.5 Å². The maximum atomic E-state index is 13.8. The summed E-state index contributed by atoms with van der Waals surface area (Å²) in [4.78, 5) is 27.4. The third kappa shape index (κ3) is 4.43. The van der Waals surface area contributed by atoms with Crippen molar-refractivity contribution in [1.82, 2.24) is 14.9 Å². The third-order valence-electron chi connectivity index (χ3n) is 5.23. The number of anilines is 3. The molecule has 30 heavy (non-hydrogen) atoms. The van der Waals surface area contributed by atoms with Crippen LogP contribution in [0.25, 0.3) is 0 Å². The first-order valence-corrected chi connectivity index (χ1v) is 9.94. The number of carbonyl (C=O) groups is 1. The molecule has 0 bridgehead atoms. The Labute approximate surface area is 173 Å². The van der Waals surface area contributed by atoms with Crippen LogP contribution in [0.3, 0.4) is 0 Å². The molecule has 0 unspecified atom stereocenters. The molecule has 2 aliphatic rings. The molecule has 4 rings (SSSR count). The van der Waals surface area contributed by atoms with Crippen molar-refractivity contribution in [3.8, 4) is 0 Å². The maximum Gasteiger partial charge on any atom is 0.322 e. The number of urea groups is 1. The van der Waals surface area contributed by atoms with Gasteiger partial charge in [0.05, 0.1) is 13.2 Å². The van der Waals surface area contributed by atoms with Crippen molar-refractivity contribution in [2.75, 3.05) is 67.6 Å². The number of aryl methyl sites for hydroxylation is 1. The topological polar surface area (TPSA) is 73.8 Å². The Morgan fingerprint density at radius 3 is 2.13 bits per heavy atom. The fourth-order valence-electron chi connectivity index (χ4n) is 3.59. The summed E-state index contributed by atoms with van der Waals surface area (Å²) in [5.74, 6) is 0.771. The molecule has 3 heterocycles. The van der Waals surface area contributed by atoms with Crippen molar-refractivity contribution in [3.63, 3.8) is 0 Å². The molecule has 0 radical (unpaired) electrons. The number of hydrogen-bond acceptors (Lipinski definition) is 6. The summed E-state index contributed by atoms with van der Waals surface area (Å²) in [5, 5.41) is 2.34. The van der Waals surface area contributed by atoms with Gasteiger partial charge < -0.3 is 24.8 Å². The highest BCUT2D eigenvalue weighted by Crippen LogP contribution is 2.22. The molecular weight excluding hydrogens is 394 g/mol. The molecule has 8 nitrogen and oxygen atoms in total. The minimum Gasteiger partial charge on any atom is -0.378 e. The predicted octanol–water partition coefficient (Wildman–Crippen LogP) is 2.25. The minimum atomic E-state index is -0.797. The molecule has 0 atom stereocenters. The van der Waals surface area contributed by atoms with Gasteiger partial charge in [0.15, 0.2) is 0 Å². The standard InChI is InChI=1S/C20H24F2N6O2/c1-14-23-17(13-18(24-14)27-9-11-30-12-10-27)26-5-7-28(8-6-26)20(29)25-19-15(21)3-2-4-16(19)22/h2-4,13H,5-12H2,1H3,(H,25,29). The van der Waals surface area contributed by atoms with Crippen molar-refractivity contribution in [2.24, 2.45) is 0 Å². The number of halogens is 2. The van der Waals surface area contributed by atoms with Gasteiger partial charge in [0.1, 0.15) is 34.8 Å². The van der Waals surface area contributed by atoms with Gasteiger partial charge in [-0.15, -0.1) is 0 Å². The average Bonchev–Trinajstić information content (AvgIpc) is 2.76.